The lowest BCUT2D eigenvalue weighted by atomic mass is 9.86. The van der Waals surface area contributed by atoms with Gasteiger partial charge in [-0.15, -0.1) is 0 Å². The number of nitrogens with one attached hydrogen (secondary N) is 1. The van der Waals surface area contributed by atoms with Crippen molar-refractivity contribution in [2.24, 2.45) is 5.92 Å². The normalized spacial score (nSPS) is 19.7. The highest BCUT2D eigenvalue weighted by Crippen LogP contribution is 2.29. The van der Waals surface area contributed by atoms with E-state index in [1.165, 1.54) is 37.3 Å². The molecule has 8 heteroatoms. The maximum absolute atomic E-state index is 14.8. The van der Waals surface area contributed by atoms with Crippen molar-refractivity contribution in [1.29, 1.82) is 0 Å². The zero-order valence-electron chi connectivity index (χ0n) is 19.7. The first-order chi connectivity index (χ1) is 15.2. The van der Waals surface area contributed by atoms with Crippen molar-refractivity contribution in [3.8, 4) is 5.88 Å². The summed E-state index contributed by atoms with van der Waals surface area (Å²) in [7, 11) is 1.50. The number of hydrogen-bond donors (Lipinski definition) is 1. The van der Waals surface area contributed by atoms with Gasteiger partial charge in [-0.1, -0.05) is 32.1 Å². The maximum atomic E-state index is 14.8. The lowest BCUT2D eigenvalue weighted by Crippen LogP contribution is -2.47. The van der Waals surface area contributed by atoms with E-state index >= 15 is 0 Å². The van der Waals surface area contributed by atoms with Crippen LogP contribution in [0, 0.1) is 11.7 Å². The molecule has 1 N–H and O–H groups in total. The number of ether oxygens (including phenoxy) is 2. The van der Waals surface area contributed by atoms with Crippen LogP contribution in [0.15, 0.2) is 6.07 Å². The average molecular weight is 450 g/mol. The fourth-order valence-electron chi connectivity index (χ4n) is 4.54. The molecule has 178 valence electrons. The fraction of sp³-hybridized carbons (Fsp3) is 0.708. The smallest absolute Gasteiger partial charge is 0.410 e. The summed E-state index contributed by atoms with van der Waals surface area (Å²) in [6.45, 7) is 5.93. The molecule has 1 saturated carbocycles. The highest BCUT2D eigenvalue weighted by atomic mass is 19.1. The summed E-state index contributed by atoms with van der Waals surface area (Å²) in [5, 5.41) is 2.82. The van der Waals surface area contributed by atoms with Gasteiger partial charge in [0.05, 0.1) is 12.8 Å². The molecule has 3 rings (SSSR count). The third-order valence-electron chi connectivity index (χ3n) is 6.12. The van der Waals surface area contributed by atoms with Crippen LogP contribution < -0.4 is 10.1 Å². The summed E-state index contributed by atoms with van der Waals surface area (Å²) in [5.74, 6) is 0.133. The predicted octanol–water partition coefficient (Wildman–Crippen LogP) is 4.37. The number of rotatable bonds is 6. The minimum absolute atomic E-state index is 0.0777. The minimum Gasteiger partial charge on any atom is -0.481 e. The number of nitrogens with zero attached hydrogens (tertiary/aromatic N) is 2. The van der Waals surface area contributed by atoms with E-state index in [0.29, 0.717) is 42.4 Å². The molecule has 2 aliphatic rings. The quantitative estimate of drug-likeness (QED) is 0.698. The van der Waals surface area contributed by atoms with E-state index < -0.39 is 17.7 Å². The highest BCUT2D eigenvalue weighted by Gasteiger charge is 2.36. The molecule has 2 heterocycles. The average Bonchev–Trinajstić information content (AvgIpc) is 3.23. The molecule has 2 fully saturated rings. The van der Waals surface area contributed by atoms with Gasteiger partial charge in [0.1, 0.15) is 17.5 Å². The molecule has 32 heavy (non-hydrogen) atoms. The Morgan fingerprint density at radius 3 is 2.56 bits per heavy atom. The summed E-state index contributed by atoms with van der Waals surface area (Å²) in [6.07, 6.45) is 7.26. The van der Waals surface area contributed by atoms with Crippen LogP contribution in [0.4, 0.5) is 9.18 Å². The second kappa shape index (κ2) is 10.5. The summed E-state index contributed by atoms with van der Waals surface area (Å²) in [4.78, 5) is 31.1. The molecule has 1 saturated heterocycles. The molecule has 1 aliphatic heterocycles. The summed E-state index contributed by atoms with van der Waals surface area (Å²) >= 11 is 0. The number of aromatic nitrogens is 1. The first kappa shape index (κ1) is 24.3. The van der Waals surface area contributed by atoms with Crippen LogP contribution in [0.5, 0.6) is 5.88 Å². The van der Waals surface area contributed by atoms with Crippen LogP contribution in [0.3, 0.4) is 0 Å². The molecule has 7 nitrogen and oxygen atoms in total. The lowest BCUT2D eigenvalue weighted by molar-refractivity contribution is -0.125. The number of halogens is 1. The Hall–Kier alpha value is -2.38. The van der Waals surface area contributed by atoms with Gasteiger partial charge in [0.2, 0.25) is 11.8 Å². The molecular formula is C24H36FN3O4. The molecule has 2 amide bonds. The molecule has 1 aliphatic carbocycles. The van der Waals surface area contributed by atoms with E-state index in [4.69, 9.17) is 9.47 Å². The molecule has 1 aromatic heterocycles. The number of carbonyl (C=O) groups is 2. The molecule has 1 atom stereocenters. The Labute approximate surface area is 190 Å². The van der Waals surface area contributed by atoms with Crippen LogP contribution >= 0.6 is 0 Å². The van der Waals surface area contributed by atoms with Crippen molar-refractivity contribution in [3.05, 3.63) is 23.1 Å². The van der Waals surface area contributed by atoms with E-state index in [0.717, 1.165) is 19.3 Å². The Kier molecular flexibility index (Phi) is 7.96. The number of likely N-dealkylation sites (tertiary alicyclic amines) is 1. The first-order valence-electron chi connectivity index (χ1n) is 11.7. The summed E-state index contributed by atoms with van der Waals surface area (Å²) in [6, 6.07) is 0.809. The fourth-order valence-corrected chi connectivity index (χ4v) is 4.54. The first-order valence-corrected chi connectivity index (χ1v) is 11.7. The standard InChI is InChI=1S/C24H36FN3O4/c1-24(2,3)32-23(30)28-12-8-11-20(28)21(29)26-15-17-14-18(25)19(27-22(17)31-4)13-16-9-6-5-7-10-16/h14,16,20H,5-13,15H2,1-4H3,(H,26,29)/t20-/m0/s1. The number of hydrogen-bond acceptors (Lipinski definition) is 5. The van der Waals surface area contributed by atoms with Gasteiger partial charge in [-0.3, -0.25) is 9.69 Å². The molecule has 0 unspecified atom stereocenters. The Morgan fingerprint density at radius 2 is 1.91 bits per heavy atom. The zero-order chi connectivity index (χ0) is 23.3. The number of pyridine rings is 1. The van der Waals surface area contributed by atoms with Crippen LogP contribution in [0.1, 0.15) is 77.0 Å². The van der Waals surface area contributed by atoms with Crippen LogP contribution in [-0.4, -0.2) is 47.2 Å². The number of carbonyl (C=O) groups excluding carboxylic acids is 2. The Morgan fingerprint density at radius 1 is 1.19 bits per heavy atom. The van der Waals surface area contributed by atoms with Gasteiger partial charge in [-0.25, -0.2) is 14.2 Å². The van der Waals surface area contributed by atoms with Crippen molar-refractivity contribution in [2.75, 3.05) is 13.7 Å². The minimum atomic E-state index is -0.628. The van der Waals surface area contributed by atoms with E-state index in [1.807, 2.05) is 0 Å². The van der Waals surface area contributed by atoms with Crippen molar-refractivity contribution in [2.45, 2.75) is 90.3 Å². The highest BCUT2D eigenvalue weighted by molar-refractivity contribution is 5.86. The third-order valence-corrected chi connectivity index (χ3v) is 6.12. The molecule has 0 bridgehead atoms. The van der Waals surface area contributed by atoms with E-state index in [1.54, 1.807) is 20.8 Å². The van der Waals surface area contributed by atoms with Crippen LogP contribution in [-0.2, 0) is 22.5 Å². The van der Waals surface area contributed by atoms with Crippen molar-refractivity contribution >= 4 is 12.0 Å². The Balaban J connectivity index is 1.63. The van der Waals surface area contributed by atoms with E-state index in [-0.39, 0.29) is 18.3 Å². The second-order valence-corrected chi connectivity index (χ2v) is 9.84. The zero-order valence-corrected chi connectivity index (χ0v) is 19.7. The van der Waals surface area contributed by atoms with Crippen LogP contribution in [0.25, 0.3) is 0 Å². The molecule has 0 radical (unpaired) electrons. The lowest BCUT2D eigenvalue weighted by Gasteiger charge is -2.28. The van der Waals surface area contributed by atoms with Crippen molar-refractivity contribution < 1.29 is 23.5 Å². The van der Waals surface area contributed by atoms with Gasteiger partial charge in [0.15, 0.2) is 0 Å². The van der Waals surface area contributed by atoms with Crippen molar-refractivity contribution in [1.82, 2.24) is 15.2 Å². The van der Waals surface area contributed by atoms with Gasteiger partial charge in [0, 0.05) is 18.7 Å². The monoisotopic (exact) mass is 449 g/mol. The second-order valence-electron chi connectivity index (χ2n) is 9.84. The third kappa shape index (κ3) is 6.33. The molecule has 0 spiro atoms. The summed E-state index contributed by atoms with van der Waals surface area (Å²) < 4.78 is 25.6. The van der Waals surface area contributed by atoms with Crippen molar-refractivity contribution in [3.63, 3.8) is 0 Å². The molecule has 0 aromatic carbocycles. The van der Waals surface area contributed by atoms with E-state index in [2.05, 4.69) is 10.3 Å². The number of amides is 2. The predicted molar refractivity (Wildman–Crippen MR) is 119 cm³/mol. The topological polar surface area (TPSA) is 80.8 Å². The summed E-state index contributed by atoms with van der Waals surface area (Å²) in [5.41, 5.74) is 0.277. The SMILES string of the molecule is COc1nc(CC2CCCCC2)c(F)cc1CNC(=O)[C@@H]1CCCN1C(=O)OC(C)(C)C. The van der Waals surface area contributed by atoms with E-state index in [9.17, 15) is 14.0 Å². The van der Waals surface area contributed by atoms with Gasteiger partial charge in [-0.2, -0.15) is 0 Å². The molecule has 1 aromatic rings. The van der Waals surface area contributed by atoms with Crippen LogP contribution in [0.2, 0.25) is 0 Å². The van der Waals surface area contributed by atoms with Gasteiger partial charge in [-0.05, 0) is 52.0 Å². The van der Waals surface area contributed by atoms with Gasteiger partial charge >= 0.3 is 6.09 Å². The Bertz CT molecular complexity index is 818. The maximum Gasteiger partial charge on any atom is 0.410 e. The molecular weight excluding hydrogens is 413 g/mol. The number of methoxy groups -OCH3 is 1. The largest absolute Gasteiger partial charge is 0.481 e. The van der Waals surface area contributed by atoms with Gasteiger partial charge in [0.25, 0.3) is 0 Å². The van der Waals surface area contributed by atoms with Gasteiger partial charge < -0.3 is 14.8 Å².